The Morgan fingerprint density at radius 3 is 1.46 bits per heavy atom. The Morgan fingerprint density at radius 2 is 0.804 bits per heavy atom. The minimum atomic E-state index is -0.289. The second kappa shape index (κ2) is 9.76. The molecule has 10 aromatic rings. The van der Waals surface area contributed by atoms with Gasteiger partial charge in [0.2, 0.25) is 0 Å². The first-order valence-corrected chi connectivity index (χ1v) is 15.4. The van der Waals surface area contributed by atoms with Gasteiger partial charge in [-0.15, -0.1) is 0 Å². The Kier molecular flexibility index (Phi) is 3.98. The number of benzene rings is 10. The van der Waals surface area contributed by atoms with Crippen molar-refractivity contribution in [1.82, 2.24) is 0 Å². The molecule has 0 saturated heterocycles. The van der Waals surface area contributed by atoms with Gasteiger partial charge in [-0.1, -0.05) is 164 Å². The number of fused-ring (bicyclic) bond motifs is 3. The van der Waals surface area contributed by atoms with Crippen LogP contribution in [-0.2, 0) is 0 Å². The highest BCUT2D eigenvalue weighted by molar-refractivity contribution is 6.30. The van der Waals surface area contributed by atoms with Crippen molar-refractivity contribution in [2.75, 3.05) is 0 Å². The Morgan fingerprint density at radius 1 is 0.304 bits per heavy atom. The molecule has 212 valence electrons. The summed E-state index contributed by atoms with van der Waals surface area (Å²) in [5.41, 5.74) is 3.87. The average molecular weight is 589 g/mol. The monoisotopic (exact) mass is 588 g/mol. The molecule has 10 rings (SSSR count). The van der Waals surface area contributed by atoms with Crippen LogP contribution in [0, 0.1) is 0 Å². The molecule has 10 aromatic carbocycles. The fourth-order valence-electron chi connectivity index (χ4n) is 7.25. The van der Waals surface area contributed by atoms with Crippen LogP contribution < -0.4 is 0 Å². The summed E-state index contributed by atoms with van der Waals surface area (Å²) in [5, 5.41) is 6.49. The minimum absolute atomic E-state index is 0.0332. The van der Waals surface area contributed by atoms with E-state index in [4.69, 9.17) is 0 Å². The van der Waals surface area contributed by atoms with E-state index in [1.165, 1.54) is 0 Å². The third-order valence-electron chi connectivity index (χ3n) is 9.28. The maximum atomic E-state index is 9.64. The standard InChI is InChI=1S/C46H28/c1-2-11-30(12-3-1)43-36-14-6-8-16-38(36)46(39-17-9-7-15-37(39)43)42-27-23-32-21-25-40-35(24-20-31-22-26-41(42)45(32)44(31)40)34-19-18-29-10-4-5-13-33(29)28-34/h1-28H/i20D,21D,22D,23D,24D,25D,26D,27D. The molecule has 0 heteroatoms. The lowest BCUT2D eigenvalue weighted by molar-refractivity contribution is 1.66. The van der Waals surface area contributed by atoms with Gasteiger partial charge in [-0.2, -0.15) is 0 Å². The van der Waals surface area contributed by atoms with E-state index in [1.54, 1.807) is 0 Å². The molecule has 0 aliphatic heterocycles. The molecule has 46 heavy (non-hydrogen) atoms. The maximum absolute atomic E-state index is 9.64. The fraction of sp³-hybridized carbons (Fsp3) is 0. The van der Waals surface area contributed by atoms with Crippen LogP contribution in [0.2, 0.25) is 0 Å². The summed E-state index contributed by atoms with van der Waals surface area (Å²) in [6.07, 6.45) is 0. The van der Waals surface area contributed by atoms with Crippen LogP contribution in [-0.4, -0.2) is 0 Å². The first kappa shape index (κ1) is 18.7. The van der Waals surface area contributed by atoms with E-state index in [-0.39, 0.29) is 69.9 Å². The number of hydrogen-bond acceptors (Lipinski definition) is 0. The van der Waals surface area contributed by atoms with Crippen LogP contribution >= 0.6 is 0 Å². The van der Waals surface area contributed by atoms with Crippen molar-refractivity contribution in [2.24, 2.45) is 0 Å². The second-order valence-corrected chi connectivity index (χ2v) is 11.8. The molecule has 0 atom stereocenters. The van der Waals surface area contributed by atoms with Gasteiger partial charge >= 0.3 is 0 Å². The van der Waals surface area contributed by atoms with Crippen LogP contribution in [0.25, 0.3) is 98.0 Å². The third-order valence-corrected chi connectivity index (χ3v) is 9.28. The molecule has 0 bridgehead atoms. The lowest BCUT2D eigenvalue weighted by Crippen LogP contribution is -1.93. The molecule has 0 aliphatic rings. The van der Waals surface area contributed by atoms with E-state index in [0.717, 1.165) is 43.4 Å². The Labute approximate surface area is 278 Å². The zero-order chi connectivity index (χ0) is 37.2. The van der Waals surface area contributed by atoms with Crippen molar-refractivity contribution in [1.29, 1.82) is 0 Å². The Bertz CT molecular complexity index is 3190. The molecule has 0 amide bonds. The molecular formula is C46H28. The van der Waals surface area contributed by atoms with Gasteiger partial charge in [0.05, 0.1) is 11.0 Å². The largest absolute Gasteiger partial charge is 0.0630 e. The molecular weight excluding hydrogens is 553 g/mol. The summed E-state index contributed by atoms with van der Waals surface area (Å²) in [4.78, 5) is 0. The number of rotatable bonds is 3. The van der Waals surface area contributed by atoms with E-state index in [9.17, 15) is 11.0 Å². The van der Waals surface area contributed by atoms with E-state index >= 15 is 0 Å². The SMILES string of the molecule is [2H]c1c([2H])c2c([2H])c([2H])c3c(-c4c5ccccc5c(-c5ccccc5)c5ccccc45)c([2H])c([2H])c4c([2H])c([2H])c(c1-c1ccc5ccccc5c1)c2c43. The van der Waals surface area contributed by atoms with Gasteiger partial charge in [0.1, 0.15) is 0 Å². The molecule has 0 radical (unpaired) electrons. The molecule has 0 heterocycles. The smallest absolute Gasteiger partial charge is 0.0622 e. The van der Waals surface area contributed by atoms with Crippen LogP contribution in [0.3, 0.4) is 0 Å². The highest BCUT2D eigenvalue weighted by Crippen LogP contribution is 2.48. The summed E-state index contributed by atoms with van der Waals surface area (Å²) in [6, 6.07) is 37.5. The van der Waals surface area contributed by atoms with Gasteiger partial charge in [0.15, 0.2) is 0 Å². The van der Waals surface area contributed by atoms with Gasteiger partial charge in [-0.3, -0.25) is 0 Å². The van der Waals surface area contributed by atoms with Crippen molar-refractivity contribution in [2.45, 2.75) is 0 Å². The van der Waals surface area contributed by atoms with E-state index < -0.39 is 0 Å². The summed E-state index contributed by atoms with van der Waals surface area (Å²) < 4.78 is 75.5. The van der Waals surface area contributed by atoms with Crippen molar-refractivity contribution in [3.8, 4) is 33.4 Å². The lowest BCUT2D eigenvalue weighted by Gasteiger charge is -2.20. The summed E-state index contributed by atoms with van der Waals surface area (Å²) in [5.74, 6) is 0. The maximum Gasteiger partial charge on any atom is 0.0630 e. The topological polar surface area (TPSA) is 0 Å². The molecule has 0 saturated carbocycles. The zero-order valence-electron chi connectivity index (χ0n) is 32.5. The third kappa shape index (κ3) is 3.62. The summed E-state index contributed by atoms with van der Waals surface area (Å²) >= 11 is 0. The minimum Gasteiger partial charge on any atom is -0.0622 e. The highest BCUT2D eigenvalue weighted by Gasteiger charge is 2.20. The molecule has 0 fully saturated rings. The first-order valence-electron chi connectivity index (χ1n) is 19.4. The highest BCUT2D eigenvalue weighted by atomic mass is 14.2. The van der Waals surface area contributed by atoms with Crippen LogP contribution in [0.1, 0.15) is 11.0 Å². The van der Waals surface area contributed by atoms with Crippen molar-refractivity contribution >= 4 is 64.6 Å². The van der Waals surface area contributed by atoms with E-state index in [2.05, 4.69) is 12.1 Å². The summed E-state index contributed by atoms with van der Waals surface area (Å²) in [6.45, 7) is 0. The van der Waals surface area contributed by atoms with Gasteiger partial charge < -0.3 is 0 Å². The molecule has 0 unspecified atom stereocenters. The summed E-state index contributed by atoms with van der Waals surface area (Å²) in [7, 11) is 0. The van der Waals surface area contributed by atoms with Gasteiger partial charge in [-0.05, 0) is 104 Å². The second-order valence-electron chi connectivity index (χ2n) is 11.8. The fourth-order valence-corrected chi connectivity index (χ4v) is 7.25. The van der Waals surface area contributed by atoms with E-state index in [1.807, 2.05) is 109 Å². The predicted octanol–water partition coefficient (Wildman–Crippen LogP) is 13.0. The van der Waals surface area contributed by atoms with Crippen molar-refractivity contribution < 1.29 is 11.0 Å². The number of hydrogen-bond donors (Lipinski definition) is 0. The average Bonchev–Trinajstić information content (AvgIpc) is 3.20. The lowest BCUT2D eigenvalue weighted by atomic mass is 9.83. The molecule has 0 spiro atoms. The van der Waals surface area contributed by atoms with Crippen LogP contribution in [0.5, 0.6) is 0 Å². The predicted molar refractivity (Wildman–Crippen MR) is 199 cm³/mol. The van der Waals surface area contributed by atoms with Gasteiger partial charge in [0, 0.05) is 0 Å². The quantitative estimate of drug-likeness (QED) is 0.142. The normalized spacial score (nSPS) is 14.3. The molecule has 0 aromatic heterocycles. The van der Waals surface area contributed by atoms with Crippen LogP contribution in [0.15, 0.2) is 170 Å². The van der Waals surface area contributed by atoms with Gasteiger partial charge in [0.25, 0.3) is 0 Å². The molecule has 0 N–H and O–H groups in total. The zero-order valence-corrected chi connectivity index (χ0v) is 24.5. The Hall–Kier alpha value is -5.98. The van der Waals surface area contributed by atoms with Gasteiger partial charge in [-0.25, -0.2) is 0 Å². The van der Waals surface area contributed by atoms with E-state index in [0.29, 0.717) is 33.0 Å². The van der Waals surface area contributed by atoms with Crippen molar-refractivity contribution in [3.63, 3.8) is 0 Å². The molecule has 0 nitrogen and oxygen atoms in total. The van der Waals surface area contributed by atoms with Crippen molar-refractivity contribution in [3.05, 3.63) is 170 Å². The molecule has 0 aliphatic carbocycles. The van der Waals surface area contributed by atoms with Crippen LogP contribution in [0.4, 0.5) is 0 Å². The Balaban J connectivity index is 1.45. The first-order chi connectivity index (χ1) is 26.2.